The van der Waals surface area contributed by atoms with Crippen LogP contribution in [-0.2, 0) is 9.53 Å². The highest BCUT2D eigenvalue weighted by Gasteiger charge is 2.47. The molecule has 20 heavy (non-hydrogen) atoms. The van der Waals surface area contributed by atoms with E-state index in [-0.39, 0.29) is 5.56 Å². The van der Waals surface area contributed by atoms with Crippen LogP contribution in [-0.4, -0.2) is 23.8 Å². The van der Waals surface area contributed by atoms with Gasteiger partial charge in [0.2, 0.25) is 0 Å². The Bertz CT molecular complexity index is 452. The minimum absolute atomic E-state index is 0.187. The van der Waals surface area contributed by atoms with E-state index in [2.05, 4.69) is 0 Å². The molecule has 0 bridgehead atoms. The molecule has 0 aliphatic heterocycles. The van der Waals surface area contributed by atoms with E-state index < -0.39 is 29.7 Å². The van der Waals surface area contributed by atoms with Gasteiger partial charge in [0.15, 0.2) is 0 Å². The summed E-state index contributed by atoms with van der Waals surface area (Å²) in [5.41, 5.74) is 4.53. The van der Waals surface area contributed by atoms with Gasteiger partial charge in [-0.3, -0.25) is 4.79 Å². The average molecular weight is 289 g/mol. The van der Waals surface area contributed by atoms with E-state index in [4.69, 9.17) is 10.5 Å². The summed E-state index contributed by atoms with van der Waals surface area (Å²) in [5, 5.41) is 0. The summed E-state index contributed by atoms with van der Waals surface area (Å²) in [6.45, 7) is 4.77. The number of carbonyl (C=O) groups excluding carboxylic acids is 1. The fourth-order valence-corrected chi connectivity index (χ4v) is 1.70. The fraction of sp³-hybridized carbons (Fsp3) is 0.500. The molecule has 0 radical (unpaired) electrons. The van der Waals surface area contributed by atoms with Gasteiger partial charge in [0.1, 0.15) is 17.6 Å². The van der Waals surface area contributed by atoms with Crippen molar-refractivity contribution in [2.24, 2.45) is 5.73 Å². The van der Waals surface area contributed by atoms with Crippen LogP contribution in [0, 0.1) is 0 Å². The number of esters is 1. The predicted octanol–water partition coefficient (Wildman–Crippen LogP) is 3.00. The molecular weight excluding hydrogens is 271 g/mol. The van der Waals surface area contributed by atoms with Crippen molar-refractivity contribution in [2.75, 3.05) is 0 Å². The van der Waals surface area contributed by atoms with Crippen LogP contribution in [0.4, 0.5) is 13.2 Å². The molecule has 0 spiro atoms. The molecule has 0 aliphatic rings. The van der Waals surface area contributed by atoms with E-state index in [1.807, 2.05) is 0 Å². The Morgan fingerprint density at radius 2 is 1.65 bits per heavy atom. The molecule has 0 saturated heterocycles. The van der Waals surface area contributed by atoms with Crippen molar-refractivity contribution in [1.82, 2.24) is 0 Å². The average Bonchev–Trinajstić information content (AvgIpc) is 2.26. The van der Waals surface area contributed by atoms with E-state index in [0.717, 1.165) is 0 Å². The molecule has 1 aromatic rings. The molecule has 1 aromatic carbocycles. The third-order valence-electron chi connectivity index (χ3n) is 2.56. The molecule has 0 fully saturated rings. The van der Waals surface area contributed by atoms with Crippen molar-refractivity contribution in [2.45, 2.75) is 44.5 Å². The quantitative estimate of drug-likeness (QED) is 0.870. The Kier molecular flexibility index (Phi) is 4.81. The first-order valence-electron chi connectivity index (χ1n) is 6.12. The third-order valence-corrected chi connectivity index (χ3v) is 2.56. The first kappa shape index (κ1) is 16.5. The van der Waals surface area contributed by atoms with Crippen LogP contribution in [0.3, 0.4) is 0 Å². The number of benzene rings is 1. The molecule has 6 heteroatoms. The van der Waals surface area contributed by atoms with Gasteiger partial charge in [-0.2, -0.15) is 13.2 Å². The lowest BCUT2D eigenvalue weighted by Crippen LogP contribution is -2.47. The highest BCUT2D eigenvalue weighted by molar-refractivity contribution is 5.79. The van der Waals surface area contributed by atoms with Crippen molar-refractivity contribution in [3.8, 4) is 0 Å². The van der Waals surface area contributed by atoms with Crippen LogP contribution >= 0.6 is 0 Å². The summed E-state index contributed by atoms with van der Waals surface area (Å²) in [5.74, 6) is -2.55. The van der Waals surface area contributed by atoms with E-state index >= 15 is 0 Å². The molecule has 0 aromatic heterocycles. The van der Waals surface area contributed by atoms with Gasteiger partial charge in [0.05, 0.1) is 0 Å². The predicted molar refractivity (Wildman–Crippen MR) is 69.1 cm³/mol. The Hall–Kier alpha value is -1.56. The Balaban J connectivity index is 3.12. The molecule has 0 unspecified atom stereocenters. The topological polar surface area (TPSA) is 52.3 Å². The van der Waals surface area contributed by atoms with Crippen molar-refractivity contribution in [3.63, 3.8) is 0 Å². The zero-order valence-corrected chi connectivity index (χ0v) is 11.6. The number of nitrogens with two attached hydrogens (primary N) is 1. The van der Waals surface area contributed by atoms with Crippen LogP contribution < -0.4 is 5.73 Å². The second-order valence-corrected chi connectivity index (χ2v) is 5.49. The monoisotopic (exact) mass is 289 g/mol. The molecule has 2 atom stereocenters. The molecule has 0 heterocycles. The minimum Gasteiger partial charge on any atom is -0.459 e. The first-order chi connectivity index (χ1) is 9.02. The maximum atomic E-state index is 12.8. The summed E-state index contributed by atoms with van der Waals surface area (Å²) in [7, 11) is 0. The van der Waals surface area contributed by atoms with E-state index in [9.17, 15) is 18.0 Å². The van der Waals surface area contributed by atoms with Gasteiger partial charge in [-0.15, -0.1) is 0 Å². The Morgan fingerprint density at radius 1 is 1.15 bits per heavy atom. The van der Waals surface area contributed by atoms with E-state index in [1.165, 1.54) is 12.1 Å². The van der Waals surface area contributed by atoms with E-state index in [0.29, 0.717) is 0 Å². The van der Waals surface area contributed by atoms with Crippen LogP contribution in [0.2, 0.25) is 0 Å². The summed E-state index contributed by atoms with van der Waals surface area (Å²) >= 11 is 0. The smallest absolute Gasteiger partial charge is 0.404 e. The number of hydrogen-bond acceptors (Lipinski definition) is 3. The summed E-state index contributed by atoms with van der Waals surface area (Å²) in [6, 6.07) is 5.31. The van der Waals surface area contributed by atoms with Gasteiger partial charge in [0.25, 0.3) is 0 Å². The van der Waals surface area contributed by atoms with Gasteiger partial charge >= 0.3 is 12.1 Å². The largest absolute Gasteiger partial charge is 0.459 e. The van der Waals surface area contributed by atoms with E-state index in [1.54, 1.807) is 39.0 Å². The van der Waals surface area contributed by atoms with Gasteiger partial charge in [-0.25, -0.2) is 0 Å². The molecular formula is C14H18F3NO2. The standard InChI is InChI=1S/C14H18F3NO2/c1-13(2,3)20-12(19)10(11(18)14(15,16)17)9-7-5-4-6-8-9/h4-8,10-11H,18H2,1-3H3/t10-,11-/m1/s1. The number of alkyl halides is 3. The first-order valence-corrected chi connectivity index (χ1v) is 6.12. The van der Waals surface area contributed by atoms with Gasteiger partial charge in [-0.1, -0.05) is 30.3 Å². The maximum Gasteiger partial charge on any atom is 0.404 e. The SMILES string of the molecule is CC(C)(C)OC(=O)[C@H](c1ccccc1)[C@@H](N)C(F)(F)F. The number of carbonyl (C=O) groups is 1. The second-order valence-electron chi connectivity index (χ2n) is 5.49. The van der Waals surface area contributed by atoms with Crippen LogP contribution in [0.25, 0.3) is 0 Å². The summed E-state index contributed by atoms with van der Waals surface area (Å²) < 4.78 is 43.6. The lowest BCUT2D eigenvalue weighted by Gasteiger charge is -2.28. The van der Waals surface area contributed by atoms with Gasteiger partial charge in [0, 0.05) is 0 Å². The molecule has 1 rings (SSSR count). The molecule has 2 N–H and O–H groups in total. The fourth-order valence-electron chi connectivity index (χ4n) is 1.70. The molecule has 0 saturated carbocycles. The molecule has 0 amide bonds. The van der Waals surface area contributed by atoms with Gasteiger partial charge < -0.3 is 10.5 Å². The lowest BCUT2D eigenvalue weighted by atomic mass is 9.91. The zero-order chi connectivity index (χ0) is 15.6. The van der Waals surface area contributed by atoms with Crippen molar-refractivity contribution < 1.29 is 22.7 Å². The minimum atomic E-state index is -4.68. The lowest BCUT2D eigenvalue weighted by molar-refractivity contribution is -0.175. The maximum absolute atomic E-state index is 12.8. The van der Waals surface area contributed by atoms with Crippen LogP contribution in [0.1, 0.15) is 32.3 Å². The van der Waals surface area contributed by atoms with Crippen molar-refractivity contribution >= 4 is 5.97 Å². The number of halogens is 3. The number of rotatable bonds is 3. The Labute approximate surface area is 115 Å². The van der Waals surface area contributed by atoms with Crippen molar-refractivity contribution in [1.29, 1.82) is 0 Å². The van der Waals surface area contributed by atoms with Gasteiger partial charge in [-0.05, 0) is 26.3 Å². The van der Waals surface area contributed by atoms with Crippen LogP contribution in [0.15, 0.2) is 30.3 Å². The zero-order valence-electron chi connectivity index (χ0n) is 11.6. The molecule has 112 valence electrons. The van der Waals surface area contributed by atoms with Crippen LogP contribution in [0.5, 0.6) is 0 Å². The normalized spacial score (nSPS) is 15.6. The Morgan fingerprint density at radius 3 is 2.05 bits per heavy atom. The van der Waals surface area contributed by atoms with Crippen molar-refractivity contribution in [3.05, 3.63) is 35.9 Å². The second kappa shape index (κ2) is 5.83. The number of ether oxygens (including phenoxy) is 1. The summed E-state index contributed by atoms with van der Waals surface area (Å²) in [6.07, 6.45) is -4.68. The summed E-state index contributed by atoms with van der Waals surface area (Å²) in [4.78, 5) is 12.0. The highest BCUT2D eigenvalue weighted by atomic mass is 19.4. The third kappa shape index (κ3) is 4.52. The molecule has 3 nitrogen and oxygen atoms in total. The molecule has 0 aliphatic carbocycles. The number of hydrogen-bond donors (Lipinski definition) is 1. The highest BCUT2D eigenvalue weighted by Crippen LogP contribution is 2.32.